The largest absolute Gasteiger partial charge is 0.340 e. The molecule has 0 fully saturated rings. The fourth-order valence-electron chi connectivity index (χ4n) is 2.49. The SMILES string of the molecule is C#Cc1cccc(Nc2ncnc3cnc(NC(=O)C=CCN(C)C)cc23)c1. The molecule has 1 aromatic carbocycles. The Balaban J connectivity index is 1.84. The first-order valence-electron chi connectivity index (χ1n) is 8.62. The van der Waals surface area contributed by atoms with Gasteiger partial charge < -0.3 is 15.5 Å². The summed E-state index contributed by atoms with van der Waals surface area (Å²) < 4.78 is 0. The summed E-state index contributed by atoms with van der Waals surface area (Å²) in [6.45, 7) is 0.678. The number of rotatable bonds is 6. The predicted molar refractivity (Wildman–Crippen MR) is 111 cm³/mol. The maximum absolute atomic E-state index is 12.1. The molecule has 28 heavy (non-hydrogen) atoms. The summed E-state index contributed by atoms with van der Waals surface area (Å²) in [5, 5.41) is 6.73. The Kier molecular flexibility index (Phi) is 5.94. The summed E-state index contributed by atoms with van der Waals surface area (Å²) in [6, 6.07) is 9.21. The highest BCUT2D eigenvalue weighted by Gasteiger charge is 2.08. The average Bonchev–Trinajstić information content (AvgIpc) is 2.68. The Morgan fingerprint density at radius 3 is 2.89 bits per heavy atom. The molecule has 0 bridgehead atoms. The first-order valence-corrected chi connectivity index (χ1v) is 8.62. The van der Waals surface area contributed by atoms with Crippen LogP contribution in [-0.4, -0.2) is 46.4 Å². The van der Waals surface area contributed by atoms with Crippen molar-refractivity contribution in [3.8, 4) is 12.3 Å². The molecule has 0 spiro atoms. The van der Waals surface area contributed by atoms with E-state index in [-0.39, 0.29) is 5.91 Å². The summed E-state index contributed by atoms with van der Waals surface area (Å²) in [6.07, 6.45) is 11.8. The number of likely N-dealkylation sites (N-methyl/N-ethyl adjacent to an activating group) is 1. The number of amides is 1. The summed E-state index contributed by atoms with van der Waals surface area (Å²) >= 11 is 0. The van der Waals surface area contributed by atoms with Crippen molar-refractivity contribution in [1.29, 1.82) is 0 Å². The quantitative estimate of drug-likeness (QED) is 0.511. The van der Waals surface area contributed by atoms with E-state index >= 15 is 0 Å². The summed E-state index contributed by atoms with van der Waals surface area (Å²) in [5.74, 6) is 3.37. The number of benzene rings is 1. The average molecular weight is 372 g/mol. The van der Waals surface area contributed by atoms with Crippen LogP contribution in [0.25, 0.3) is 10.9 Å². The number of anilines is 3. The van der Waals surface area contributed by atoms with Gasteiger partial charge in [-0.05, 0) is 38.4 Å². The maximum Gasteiger partial charge on any atom is 0.249 e. The van der Waals surface area contributed by atoms with Crippen molar-refractivity contribution in [2.24, 2.45) is 0 Å². The first kappa shape index (κ1) is 19.0. The van der Waals surface area contributed by atoms with E-state index in [9.17, 15) is 4.79 Å². The minimum atomic E-state index is -0.248. The van der Waals surface area contributed by atoms with Crippen LogP contribution in [0.3, 0.4) is 0 Å². The molecule has 0 aliphatic heterocycles. The Bertz CT molecular complexity index is 1070. The molecule has 0 saturated heterocycles. The molecular weight excluding hydrogens is 352 g/mol. The molecule has 7 heteroatoms. The van der Waals surface area contributed by atoms with Crippen molar-refractivity contribution < 1.29 is 4.79 Å². The molecule has 2 aromatic heterocycles. The van der Waals surface area contributed by atoms with Gasteiger partial charge in [0.2, 0.25) is 5.91 Å². The molecule has 140 valence electrons. The second-order valence-electron chi connectivity index (χ2n) is 6.31. The van der Waals surface area contributed by atoms with Gasteiger partial charge in [-0.2, -0.15) is 0 Å². The predicted octanol–water partition coefficient (Wildman–Crippen LogP) is 2.81. The van der Waals surface area contributed by atoms with Crippen LogP contribution in [-0.2, 0) is 4.79 Å². The third-order valence-electron chi connectivity index (χ3n) is 3.80. The lowest BCUT2D eigenvalue weighted by atomic mass is 10.2. The monoisotopic (exact) mass is 372 g/mol. The van der Waals surface area contributed by atoms with Crippen molar-refractivity contribution in [3.63, 3.8) is 0 Å². The van der Waals surface area contributed by atoms with E-state index in [2.05, 4.69) is 31.5 Å². The van der Waals surface area contributed by atoms with Crippen LogP contribution in [0.1, 0.15) is 5.56 Å². The van der Waals surface area contributed by atoms with E-state index in [0.717, 1.165) is 16.6 Å². The second kappa shape index (κ2) is 8.75. The number of nitrogens with zero attached hydrogens (tertiary/aromatic N) is 4. The van der Waals surface area contributed by atoms with Crippen molar-refractivity contribution in [2.45, 2.75) is 0 Å². The van der Waals surface area contributed by atoms with Gasteiger partial charge in [-0.25, -0.2) is 15.0 Å². The molecule has 0 atom stereocenters. The highest BCUT2D eigenvalue weighted by atomic mass is 16.1. The fourth-order valence-corrected chi connectivity index (χ4v) is 2.49. The van der Waals surface area contributed by atoms with E-state index < -0.39 is 0 Å². The first-order chi connectivity index (χ1) is 13.5. The van der Waals surface area contributed by atoms with E-state index in [1.807, 2.05) is 43.3 Å². The minimum Gasteiger partial charge on any atom is -0.340 e. The Labute approximate surface area is 163 Å². The lowest BCUT2D eigenvalue weighted by Gasteiger charge is -2.10. The zero-order valence-corrected chi connectivity index (χ0v) is 15.7. The number of hydrogen-bond acceptors (Lipinski definition) is 6. The number of aromatic nitrogens is 3. The molecule has 2 heterocycles. The number of pyridine rings is 1. The number of hydrogen-bond donors (Lipinski definition) is 2. The van der Waals surface area contributed by atoms with Gasteiger partial charge in [0.25, 0.3) is 0 Å². The third-order valence-corrected chi connectivity index (χ3v) is 3.80. The molecule has 0 saturated carbocycles. The van der Waals surface area contributed by atoms with Crippen LogP contribution in [0, 0.1) is 12.3 Å². The van der Waals surface area contributed by atoms with Crippen molar-refractivity contribution in [1.82, 2.24) is 19.9 Å². The summed E-state index contributed by atoms with van der Waals surface area (Å²) in [5.41, 5.74) is 2.23. The summed E-state index contributed by atoms with van der Waals surface area (Å²) in [4.78, 5) is 26.8. The third kappa shape index (κ3) is 4.90. The normalized spacial score (nSPS) is 10.9. The molecule has 0 unspecified atom stereocenters. The molecule has 1 amide bonds. The molecule has 2 N–H and O–H groups in total. The van der Waals surface area contributed by atoms with E-state index in [4.69, 9.17) is 6.42 Å². The van der Waals surface area contributed by atoms with Gasteiger partial charge in [0.15, 0.2) is 0 Å². The van der Waals surface area contributed by atoms with Crippen LogP contribution in [0.4, 0.5) is 17.3 Å². The molecule has 0 aliphatic rings. The van der Waals surface area contributed by atoms with Crippen molar-refractivity contribution >= 4 is 34.1 Å². The number of fused-ring (bicyclic) bond motifs is 1. The lowest BCUT2D eigenvalue weighted by Crippen LogP contribution is -2.13. The van der Waals surface area contributed by atoms with Gasteiger partial charge in [0.05, 0.1) is 11.7 Å². The Morgan fingerprint density at radius 1 is 1.25 bits per heavy atom. The molecule has 7 nitrogen and oxygen atoms in total. The van der Waals surface area contributed by atoms with Crippen molar-refractivity contribution in [2.75, 3.05) is 31.3 Å². The van der Waals surface area contributed by atoms with Crippen LogP contribution in [0.2, 0.25) is 0 Å². The topological polar surface area (TPSA) is 83.0 Å². The molecular formula is C21H20N6O. The lowest BCUT2D eigenvalue weighted by molar-refractivity contribution is -0.111. The van der Waals surface area contributed by atoms with Crippen molar-refractivity contribution in [3.05, 3.63) is 60.6 Å². The smallest absolute Gasteiger partial charge is 0.249 e. The molecule has 0 aliphatic carbocycles. The van der Waals surface area contributed by atoms with Gasteiger partial charge in [-0.1, -0.05) is 18.1 Å². The van der Waals surface area contributed by atoms with Crippen LogP contribution >= 0.6 is 0 Å². The van der Waals surface area contributed by atoms with Gasteiger partial charge in [0.1, 0.15) is 18.0 Å². The Morgan fingerprint density at radius 2 is 2.11 bits per heavy atom. The number of nitrogens with one attached hydrogen (secondary N) is 2. The van der Waals surface area contributed by atoms with E-state index in [0.29, 0.717) is 23.7 Å². The zero-order chi connectivity index (χ0) is 19.9. The highest BCUT2D eigenvalue weighted by molar-refractivity contribution is 6.00. The van der Waals surface area contributed by atoms with Crippen LogP contribution < -0.4 is 10.6 Å². The maximum atomic E-state index is 12.1. The van der Waals surface area contributed by atoms with Gasteiger partial charge in [-0.3, -0.25) is 4.79 Å². The molecule has 3 aromatic rings. The van der Waals surface area contributed by atoms with E-state index in [1.54, 1.807) is 18.3 Å². The molecule has 0 radical (unpaired) electrons. The second-order valence-corrected chi connectivity index (χ2v) is 6.31. The van der Waals surface area contributed by atoms with E-state index in [1.165, 1.54) is 12.4 Å². The van der Waals surface area contributed by atoms with Gasteiger partial charge in [-0.15, -0.1) is 6.42 Å². The zero-order valence-electron chi connectivity index (χ0n) is 15.7. The standard InChI is InChI=1S/C21H20N6O/c1-4-15-7-5-8-16(11-15)25-21-17-12-19(22-13-18(17)23-14-24-21)26-20(28)9-6-10-27(2)3/h1,5-9,11-14H,10H2,2-3H3,(H,22,26,28)(H,23,24,25). The minimum absolute atomic E-state index is 0.248. The fraction of sp³-hybridized carbons (Fsp3) is 0.143. The summed E-state index contributed by atoms with van der Waals surface area (Å²) in [7, 11) is 3.86. The molecule has 3 rings (SSSR count). The van der Waals surface area contributed by atoms with Gasteiger partial charge >= 0.3 is 0 Å². The van der Waals surface area contributed by atoms with Gasteiger partial charge in [0, 0.05) is 29.3 Å². The van der Waals surface area contributed by atoms with Crippen LogP contribution in [0.5, 0.6) is 0 Å². The number of terminal acetylenes is 1. The van der Waals surface area contributed by atoms with Crippen LogP contribution in [0.15, 0.2) is 55.0 Å². The number of carbonyl (C=O) groups excluding carboxylic acids is 1. The number of carbonyl (C=O) groups is 1. The Hall–Kier alpha value is -3.76. The highest BCUT2D eigenvalue weighted by Crippen LogP contribution is 2.24.